The Labute approximate surface area is 158 Å². The first-order chi connectivity index (χ1) is 12.1. The van der Waals surface area contributed by atoms with Crippen molar-refractivity contribution in [2.75, 3.05) is 18.5 Å². The number of carbonyl (C=O) groups excluding carboxylic acids is 2. The number of nitrogens with zero attached hydrogens (tertiary/aromatic N) is 1. The first kappa shape index (κ1) is 17.4. The maximum atomic E-state index is 13.0. The number of hydrogen-bond acceptors (Lipinski definition) is 5. The van der Waals surface area contributed by atoms with Gasteiger partial charge in [-0.15, -0.1) is 0 Å². The van der Waals surface area contributed by atoms with Crippen LogP contribution in [0.4, 0.5) is 5.13 Å². The molecule has 4 rings (SSSR count). The Kier molecular flexibility index (Phi) is 4.62. The van der Waals surface area contributed by atoms with Gasteiger partial charge in [-0.2, -0.15) is 0 Å². The third kappa shape index (κ3) is 2.92. The highest BCUT2D eigenvalue weighted by atomic mass is 79.9. The molecule has 3 aliphatic carbocycles. The lowest BCUT2D eigenvalue weighted by atomic mass is 9.78. The summed E-state index contributed by atoms with van der Waals surface area (Å²) < 4.78 is 0.868. The van der Waals surface area contributed by atoms with E-state index in [0.29, 0.717) is 29.9 Å². The van der Waals surface area contributed by atoms with E-state index in [1.54, 1.807) is 6.20 Å². The summed E-state index contributed by atoms with van der Waals surface area (Å²) in [7, 11) is 0. The molecule has 4 atom stereocenters. The van der Waals surface area contributed by atoms with Crippen LogP contribution in [-0.4, -0.2) is 35.1 Å². The van der Waals surface area contributed by atoms with Crippen LogP contribution >= 0.6 is 27.3 Å². The van der Waals surface area contributed by atoms with Crippen LogP contribution in [0, 0.1) is 29.1 Å². The number of thiazole rings is 1. The Morgan fingerprint density at radius 2 is 1.96 bits per heavy atom. The lowest BCUT2D eigenvalue weighted by molar-refractivity contribution is -0.134. The number of nitrogens with one attached hydrogen (secondary N) is 2. The van der Waals surface area contributed by atoms with Gasteiger partial charge in [-0.05, 0) is 65.3 Å². The third-order valence-electron chi connectivity index (χ3n) is 6.29. The van der Waals surface area contributed by atoms with Crippen molar-refractivity contribution in [2.45, 2.75) is 32.1 Å². The van der Waals surface area contributed by atoms with E-state index in [0.717, 1.165) is 29.5 Å². The Balaban J connectivity index is 1.53. The minimum Gasteiger partial charge on any atom is -0.396 e. The lowest BCUT2D eigenvalue weighted by Gasteiger charge is -2.28. The molecule has 3 fully saturated rings. The van der Waals surface area contributed by atoms with Crippen molar-refractivity contribution in [1.82, 2.24) is 10.3 Å². The van der Waals surface area contributed by atoms with Crippen molar-refractivity contribution in [1.29, 1.82) is 0 Å². The van der Waals surface area contributed by atoms with Crippen LogP contribution in [0.1, 0.15) is 32.1 Å². The summed E-state index contributed by atoms with van der Waals surface area (Å²) in [6, 6.07) is 0. The number of aliphatic hydroxyl groups is 1. The smallest absolute Gasteiger partial charge is 0.230 e. The van der Waals surface area contributed by atoms with E-state index in [2.05, 4.69) is 31.5 Å². The monoisotopic (exact) mass is 427 g/mol. The summed E-state index contributed by atoms with van der Waals surface area (Å²) in [4.78, 5) is 30.0. The topological polar surface area (TPSA) is 91.3 Å². The van der Waals surface area contributed by atoms with E-state index in [4.69, 9.17) is 5.11 Å². The highest BCUT2D eigenvalue weighted by Gasteiger charge is 2.71. The van der Waals surface area contributed by atoms with E-state index < -0.39 is 0 Å². The van der Waals surface area contributed by atoms with Crippen molar-refractivity contribution in [3.8, 4) is 0 Å². The van der Waals surface area contributed by atoms with Crippen LogP contribution in [0.25, 0.3) is 0 Å². The summed E-state index contributed by atoms with van der Waals surface area (Å²) in [6.07, 6.45) is 6.61. The molecule has 3 saturated carbocycles. The van der Waals surface area contributed by atoms with Crippen molar-refractivity contribution in [3.63, 3.8) is 0 Å². The van der Waals surface area contributed by atoms with Crippen LogP contribution in [0.15, 0.2) is 9.98 Å². The molecule has 6 nitrogen and oxygen atoms in total. The van der Waals surface area contributed by atoms with Gasteiger partial charge in [0.2, 0.25) is 11.8 Å². The molecule has 1 spiro atoms. The fourth-order valence-corrected chi connectivity index (χ4v) is 6.38. The molecule has 3 aliphatic rings. The zero-order valence-electron chi connectivity index (χ0n) is 13.8. The van der Waals surface area contributed by atoms with Gasteiger partial charge in [0.15, 0.2) is 5.13 Å². The van der Waals surface area contributed by atoms with Gasteiger partial charge in [-0.1, -0.05) is 11.3 Å². The van der Waals surface area contributed by atoms with Gasteiger partial charge >= 0.3 is 0 Å². The molecule has 3 N–H and O–H groups in total. The molecule has 8 heteroatoms. The van der Waals surface area contributed by atoms with E-state index in [1.807, 2.05) is 0 Å². The van der Waals surface area contributed by atoms with Crippen molar-refractivity contribution in [3.05, 3.63) is 9.98 Å². The summed E-state index contributed by atoms with van der Waals surface area (Å²) >= 11 is 4.74. The van der Waals surface area contributed by atoms with Crippen molar-refractivity contribution in [2.24, 2.45) is 29.1 Å². The molecule has 1 aromatic rings. The number of amides is 2. The second kappa shape index (κ2) is 6.63. The fraction of sp³-hybridized carbons (Fsp3) is 0.706. The number of halogens is 1. The second-order valence-corrected chi connectivity index (χ2v) is 9.81. The largest absolute Gasteiger partial charge is 0.396 e. The summed E-state index contributed by atoms with van der Waals surface area (Å²) in [5.41, 5.74) is 0.227. The molecule has 1 heterocycles. The first-order valence-corrected chi connectivity index (χ1v) is 10.5. The van der Waals surface area contributed by atoms with Gasteiger partial charge in [-0.3, -0.25) is 9.59 Å². The number of carbonyl (C=O) groups is 2. The molecular weight excluding hydrogens is 406 g/mol. The predicted molar refractivity (Wildman–Crippen MR) is 98.0 cm³/mol. The maximum Gasteiger partial charge on any atom is 0.230 e. The average molecular weight is 428 g/mol. The summed E-state index contributed by atoms with van der Waals surface area (Å²) in [6.45, 7) is 0.522. The van der Waals surface area contributed by atoms with Gasteiger partial charge < -0.3 is 15.7 Å². The number of anilines is 1. The second-order valence-electron chi connectivity index (χ2n) is 7.40. The quantitative estimate of drug-likeness (QED) is 0.607. The molecule has 2 bridgehead atoms. The van der Waals surface area contributed by atoms with Crippen LogP contribution in [-0.2, 0) is 9.59 Å². The molecule has 0 aliphatic heterocycles. The molecule has 0 radical (unpaired) electrons. The molecule has 0 aromatic carbocycles. The van der Waals surface area contributed by atoms with Crippen molar-refractivity contribution < 1.29 is 14.7 Å². The van der Waals surface area contributed by atoms with E-state index in [-0.39, 0.29) is 35.7 Å². The number of aliphatic hydroxyl groups excluding tert-OH is 1. The van der Waals surface area contributed by atoms with Crippen LogP contribution in [0.2, 0.25) is 0 Å². The Hall–Kier alpha value is -0.990. The Morgan fingerprint density at radius 1 is 1.28 bits per heavy atom. The summed E-state index contributed by atoms with van der Waals surface area (Å²) in [5, 5.41) is 15.4. The fourth-order valence-electron chi connectivity index (χ4n) is 5.27. The molecular formula is C17H22BrN3O3S. The minimum absolute atomic E-state index is 0.0209. The number of hydrogen-bond donors (Lipinski definition) is 3. The van der Waals surface area contributed by atoms with Crippen LogP contribution in [0.5, 0.6) is 0 Å². The highest BCUT2D eigenvalue weighted by molar-refractivity contribution is 9.11. The van der Waals surface area contributed by atoms with E-state index in [9.17, 15) is 9.59 Å². The van der Waals surface area contributed by atoms with Gasteiger partial charge in [0.1, 0.15) is 0 Å². The molecule has 136 valence electrons. The Bertz CT molecular complexity index is 690. The zero-order valence-corrected chi connectivity index (χ0v) is 16.2. The highest BCUT2D eigenvalue weighted by Crippen LogP contribution is 2.74. The maximum absolute atomic E-state index is 13.0. The lowest BCUT2D eigenvalue weighted by Crippen LogP contribution is -2.43. The number of aromatic nitrogens is 1. The molecule has 25 heavy (non-hydrogen) atoms. The van der Waals surface area contributed by atoms with Gasteiger partial charge in [0.25, 0.3) is 0 Å². The normalized spacial score (nSPS) is 31.3. The molecule has 0 saturated heterocycles. The van der Waals surface area contributed by atoms with E-state index >= 15 is 0 Å². The molecule has 0 unspecified atom stereocenters. The van der Waals surface area contributed by atoms with Crippen LogP contribution < -0.4 is 10.6 Å². The third-order valence-corrected chi connectivity index (χ3v) is 7.69. The zero-order chi connectivity index (χ0) is 17.6. The Morgan fingerprint density at radius 3 is 2.52 bits per heavy atom. The summed E-state index contributed by atoms with van der Waals surface area (Å²) in [5.74, 6) is 0.0383. The minimum atomic E-state index is -0.266. The molecule has 1 aromatic heterocycles. The number of rotatable bonds is 6. The average Bonchev–Trinajstić information content (AvgIpc) is 3.08. The van der Waals surface area contributed by atoms with E-state index in [1.165, 1.54) is 11.3 Å². The SMILES string of the molecule is O=C(NCCCO)[C@H]1[C@H](C(=O)Nc2ncc(Br)s2)[C@@H]2CC[C@H]1C21CC1. The van der Waals surface area contributed by atoms with Crippen molar-refractivity contribution >= 4 is 44.2 Å². The van der Waals surface area contributed by atoms with Gasteiger partial charge in [-0.25, -0.2) is 4.98 Å². The van der Waals surface area contributed by atoms with Gasteiger partial charge in [0, 0.05) is 13.2 Å². The standard InChI is InChI=1S/C17H22BrN3O3S/c18-11-8-20-16(25-11)21-15(24)13-10-3-2-9(17(10)4-5-17)12(13)14(23)19-6-1-7-22/h8-10,12-13,22H,1-7H2,(H,19,23)(H,20,21,24)/t9-,10+,12-,13-/m1/s1. The van der Waals surface area contributed by atoms with Gasteiger partial charge in [0.05, 0.1) is 21.8 Å². The van der Waals surface area contributed by atoms with Crippen LogP contribution in [0.3, 0.4) is 0 Å². The molecule has 2 amide bonds. The predicted octanol–water partition coefficient (Wildman–Crippen LogP) is 2.40. The first-order valence-electron chi connectivity index (χ1n) is 8.87.